The van der Waals surface area contributed by atoms with E-state index < -0.39 is 16.1 Å². The highest BCUT2D eigenvalue weighted by Crippen LogP contribution is 2.53. The molecule has 5 heterocycles. The van der Waals surface area contributed by atoms with Gasteiger partial charge in [0.1, 0.15) is 27.3 Å². The standard InChI is InChI=1S/C64H48BN3OSi2/c1-70(2)55-33-18-15-28-46(55)60-57(70)37-35-48-63(60)67(42-23-10-6-11-24-42)51-39-44(66(41-21-8-5-9-22-41)50-30-20-32-54-59(50)45-27-14-17-31-53(45)69-54)40-52-62(51)65(48)49-36-38-58-61(47-29-16-19-34-56(47)71(58,3)4)64(49)68(52)43-25-12-7-13-26-43/h5-40H,1-4H3. The Labute approximate surface area is 416 Å². The number of furan rings is 1. The maximum absolute atomic E-state index is 6.64. The topological polar surface area (TPSA) is 22.9 Å². The van der Waals surface area contributed by atoms with Crippen molar-refractivity contribution >= 4 is 133 Å². The maximum Gasteiger partial charge on any atom is 0.252 e. The fraction of sp³-hybridized carbons (Fsp3) is 0.0625. The van der Waals surface area contributed by atoms with E-state index >= 15 is 0 Å². The second-order valence-corrected chi connectivity index (χ2v) is 29.4. The number of nitrogens with zero attached hydrogens (tertiary/aromatic N) is 3. The molecule has 4 nitrogen and oxygen atoms in total. The number of hydrogen-bond donors (Lipinski definition) is 0. The number of para-hydroxylation sites is 4. The Hall–Kier alpha value is -8.10. The van der Waals surface area contributed by atoms with Gasteiger partial charge in [-0.25, -0.2) is 0 Å². The Kier molecular flexibility index (Phi) is 8.45. The van der Waals surface area contributed by atoms with Crippen LogP contribution < -0.4 is 51.8 Å². The highest BCUT2D eigenvalue weighted by molar-refractivity contribution is 7.06. The van der Waals surface area contributed by atoms with Crippen molar-refractivity contribution in [2.75, 3.05) is 14.7 Å². The predicted molar refractivity (Wildman–Crippen MR) is 307 cm³/mol. The minimum absolute atomic E-state index is 0.0592. The van der Waals surface area contributed by atoms with Gasteiger partial charge in [-0.15, -0.1) is 0 Å². The molecule has 0 aliphatic carbocycles. The third kappa shape index (κ3) is 5.50. The first-order valence-corrected chi connectivity index (χ1v) is 31.0. The van der Waals surface area contributed by atoms with Crippen molar-refractivity contribution < 1.29 is 4.42 Å². The lowest BCUT2D eigenvalue weighted by Gasteiger charge is -2.46. The molecule has 0 bridgehead atoms. The quantitative estimate of drug-likeness (QED) is 0.160. The third-order valence-electron chi connectivity index (χ3n) is 16.4. The molecule has 0 atom stereocenters. The zero-order chi connectivity index (χ0) is 47.3. The fourth-order valence-electron chi connectivity index (χ4n) is 13.3. The lowest BCUT2D eigenvalue weighted by Crippen LogP contribution is -2.62. The molecule has 15 rings (SSSR count). The third-order valence-corrected chi connectivity index (χ3v) is 23.5. The average Bonchev–Trinajstić information content (AvgIpc) is 3.99. The van der Waals surface area contributed by atoms with E-state index in [9.17, 15) is 0 Å². The summed E-state index contributed by atoms with van der Waals surface area (Å²) in [6.07, 6.45) is 0. The smallest absolute Gasteiger partial charge is 0.252 e. The highest BCUT2D eigenvalue weighted by atomic mass is 28.3. The van der Waals surface area contributed by atoms with Crippen LogP contribution in [-0.4, -0.2) is 22.9 Å². The Bertz CT molecular complexity index is 3860. The van der Waals surface area contributed by atoms with E-state index in [-0.39, 0.29) is 6.71 Å². The lowest BCUT2D eigenvalue weighted by molar-refractivity contribution is 0.669. The summed E-state index contributed by atoms with van der Waals surface area (Å²) in [4.78, 5) is 7.77. The normalized spacial score (nSPS) is 14.9. The molecule has 4 aliphatic rings. The molecular weight excluding hydrogens is 894 g/mol. The molecule has 0 saturated heterocycles. The zero-order valence-electron chi connectivity index (χ0n) is 40.1. The van der Waals surface area contributed by atoms with E-state index in [0.717, 1.165) is 50.4 Å². The predicted octanol–water partition coefficient (Wildman–Crippen LogP) is 12.7. The molecule has 0 radical (unpaired) electrons. The van der Waals surface area contributed by atoms with Gasteiger partial charge in [0.2, 0.25) is 0 Å². The van der Waals surface area contributed by atoms with Gasteiger partial charge >= 0.3 is 0 Å². The molecule has 71 heavy (non-hydrogen) atoms. The minimum atomic E-state index is -2.09. The van der Waals surface area contributed by atoms with Gasteiger partial charge in [0, 0.05) is 56.3 Å². The molecule has 0 unspecified atom stereocenters. The van der Waals surface area contributed by atoms with Crippen molar-refractivity contribution in [3.8, 4) is 22.3 Å². The van der Waals surface area contributed by atoms with Gasteiger partial charge in [-0.2, -0.15) is 0 Å². The highest BCUT2D eigenvalue weighted by Gasteiger charge is 2.50. The van der Waals surface area contributed by atoms with Crippen LogP contribution in [0.4, 0.5) is 51.2 Å². The van der Waals surface area contributed by atoms with Gasteiger partial charge in [-0.3, -0.25) is 0 Å². The van der Waals surface area contributed by atoms with E-state index in [1.165, 1.54) is 82.1 Å². The molecule has 1 aromatic heterocycles. The summed E-state index contributed by atoms with van der Waals surface area (Å²) >= 11 is 0. The van der Waals surface area contributed by atoms with Crippen molar-refractivity contribution in [2.24, 2.45) is 0 Å². The second kappa shape index (κ2) is 14.7. The Morgan fingerprint density at radius 2 is 0.901 bits per heavy atom. The maximum atomic E-state index is 6.64. The van der Waals surface area contributed by atoms with E-state index in [2.05, 4.69) is 259 Å². The van der Waals surface area contributed by atoms with E-state index in [4.69, 9.17) is 4.42 Å². The molecule has 0 amide bonds. The second-order valence-electron chi connectivity index (χ2n) is 20.8. The van der Waals surface area contributed by atoms with E-state index in [1.54, 1.807) is 0 Å². The average molecular weight is 942 g/mol. The van der Waals surface area contributed by atoms with E-state index in [1.807, 2.05) is 0 Å². The van der Waals surface area contributed by atoms with Crippen LogP contribution in [0, 0.1) is 0 Å². The van der Waals surface area contributed by atoms with Gasteiger partial charge in [0.05, 0.1) is 16.8 Å². The van der Waals surface area contributed by atoms with Crippen LogP contribution in [-0.2, 0) is 0 Å². The molecule has 11 aromatic rings. The van der Waals surface area contributed by atoms with Gasteiger partial charge in [-0.1, -0.05) is 178 Å². The fourth-order valence-corrected chi connectivity index (χ4v) is 19.4. The summed E-state index contributed by atoms with van der Waals surface area (Å²) in [6.45, 7) is 10.1. The van der Waals surface area contributed by atoms with Crippen molar-refractivity contribution in [3.63, 3.8) is 0 Å². The Morgan fingerprint density at radius 1 is 0.423 bits per heavy atom. The molecule has 336 valence electrons. The number of hydrogen-bond acceptors (Lipinski definition) is 4. The van der Waals surface area contributed by atoms with Crippen molar-refractivity contribution in [1.29, 1.82) is 0 Å². The lowest BCUT2D eigenvalue weighted by atomic mass is 9.33. The summed E-state index contributed by atoms with van der Waals surface area (Å²) < 4.78 is 6.64. The van der Waals surface area contributed by atoms with Crippen LogP contribution >= 0.6 is 0 Å². The molecule has 0 saturated carbocycles. The first-order chi connectivity index (χ1) is 34.8. The first-order valence-electron chi connectivity index (χ1n) is 25.0. The summed E-state index contributed by atoms with van der Waals surface area (Å²) in [5.74, 6) is 0. The van der Waals surface area contributed by atoms with Crippen LogP contribution in [0.15, 0.2) is 223 Å². The van der Waals surface area contributed by atoms with Crippen LogP contribution in [0.2, 0.25) is 26.2 Å². The van der Waals surface area contributed by atoms with Gasteiger partial charge in [-0.05, 0) is 115 Å². The van der Waals surface area contributed by atoms with Gasteiger partial charge < -0.3 is 19.1 Å². The summed E-state index contributed by atoms with van der Waals surface area (Å²) in [5.41, 5.74) is 21.7. The molecular formula is C64H48BN3OSi2. The number of rotatable bonds is 5. The van der Waals surface area contributed by atoms with Crippen LogP contribution in [0.1, 0.15) is 0 Å². The van der Waals surface area contributed by atoms with Crippen molar-refractivity contribution in [3.05, 3.63) is 218 Å². The molecule has 4 aliphatic heterocycles. The van der Waals surface area contributed by atoms with Gasteiger partial charge in [0.25, 0.3) is 6.71 Å². The SMILES string of the molecule is C[Si]1(C)c2ccccc2-c2c1ccc1c2N(c2ccccc2)c2cc(N(c3ccccc3)c3cccc4oc5ccccc5c34)cc3c2B1c1ccc2c(c1N3c1ccccc1)-c1ccccc1[Si]2(C)C. The Morgan fingerprint density at radius 3 is 1.46 bits per heavy atom. The first kappa shape index (κ1) is 40.8. The zero-order valence-corrected chi connectivity index (χ0v) is 42.1. The van der Waals surface area contributed by atoms with E-state index in [0.29, 0.717) is 0 Å². The largest absolute Gasteiger partial charge is 0.456 e. The molecule has 0 N–H and O–H groups in total. The summed E-state index contributed by atoms with van der Waals surface area (Å²) in [5, 5.41) is 8.21. The Balaban J connectivity index is 1.13. The molecule has 0 spiro atoms. The number of fused-ring (bicyclic) bond motifs is 15. The van der Waals surface area contributed by atoms with Crippen LogP contribution in [0.25, 0.3) is 44.2 Å². The molecule has 10 aromatic carbocycles. The summed E-state index contributed by atoms with van der Waals surface area (Å²) in [6, 6.07) is 81.9. The summed E-state index contributed by atoms with van der Waals surface area (Å²) in [7, 11) is -4.19. The van der Waals surface area contributed by atoms with Crippen molar-refractivity contribution in [2.45, 2.75) is 26.2 Å². The van der Waals surface area contributed by atoms with Crippen LogP contribution in [0.3, 0.4) is 0 Å². The van der Waals surface area contributed by atoms with Gasteiger partial charge in [0.15, 0.2) is 0 Å². The number of benzene rings is 10. The molecule has 0 fully saturated rings. The molecule has 7 heteroatoms. The monoisotopic (exact) mass is 941 g/mol. The van der Waals surface area contributed by atoms with Crippen molar-refractivity contribution in [1.82, 2.24) is 0 Å². The van der Waals surface area contributed by atoms with Crippen LogP contribution in [0.5, 0.6) is 0 Å². The minimum Gasteiger partial charge on any atom is -0.456 e. The number of anilines is 9.